The van der Waals surface area contributed by atoms with Gasteiger partial charge in [-0.1, -0.05) is 26.0 Å². The number of likely N-dealkylation sites (tertiary alicyclic amines) is 1. The Hall–Kier alpha value is -1.66. The first-order chi connectivity index (χ1) is 10.8. The van der Waals surface area contributed by atoms with E-state index in [1.165, 1.54) is 19.2 Å². The van der Waals surface area contributed by atoms with Crippen LogP contribution in [0, 0.1) is 11.8 Å². The molecule has 0 saturated carbocycles. The Kier molecular flexibility index (Phi) is 5.59. The molecule has 1 aromatic rings. The third-order valence-electron chi connectivity index (χ3n) is 4.06. The molecule has 5 nitrogen and oxygen atoms in total. The molecule has 0 spiro atoms. The predicted octanol–water partition coefficient (Wildman–Crippen LogP) is 2.11. The Labute approximate surface area is 138 Å². The lowest BCUT2D eigenvalue weighted by atomic mass is 9.92. The van der Waals surface area contributed by atoms with Crippen LogP contribution in [0.4, 0.5) is 0 Å². The molecule has 1 aromatic carbocycles. The van der Waals surface area contributed by atoms with Crippen molar-refractivity contribution in [1.82, 2.24) is 9.62 Å². The van der Waals surface area contributed by atoms with Gasteiger partial charge in [0, 0.05) is 19.2 Å². The number of rotatable bonds is 4. The zero-order chi connectivity index (χ0) is 17.0. The average Bonchev–Trinajstić information content (AvgIpc) is 2.52. The summed E-state index contributed by atoms with van der Waals surface area (Å²) in [7, 11) is -2.05. The maximum Gasteiger partial charge on any atom is 0.246 e. The van der Waals surface area contributed by atoms with E-state index in [9.17, 15) is 13.2 Å². The number of nitrogens with zero attached hydrogens (tertiary/aromatic N) is 1. The standard InChI is InChI=1S/C17H24N2O3S/c1-13-10-14(2)12-19(11-13)17(20)9-6-15-4-7-16(8-5-15)23(21,22)18-3/h4-9,13-14,18H,10-12H2,1-3H3/b9-6+. The van der Waals surface area contributed by atoms with Crippen LogP contribution in [-0.4, -0.2) is 39.4 Å². The van der Waals surface area contributed by atoms with E-state index in [1.807, 2.05) is 4.90 Å². The number of amides is 1. The molecule has 23 heavy (non-hydrogen) atoms. The summed E-state index contributed by atoms with van der Waals surface area (Å²) in [5.74, 6) is 1.07. The summed E-state index contributed by atoms with van der Waals surface area (Å²) in [6, 6.07) is 6.44. The van der Waals surface area contributed by atoms with Crippen LogP contribution in [0.2, 0.25) is 0 Å². The summed E-state index contributed by atoms with van der Waals surface area (Å²) in [4.78, 5) is 14.4. The van der Waals surface area contributed by atoms with Gasteiger partial charge in [-0.25, -0.2) is 13.1 Å². The third-order valence-corrected chi connectivity index (χ3v) is 5.49. The van der Waals surface area contributed by atoms with Gasteiger partial charge in [0.1, 0.15) is 0 Å². The van der Waals surface area contributed by atoms with Crippen LogP contribution in [0.15, 0.2) is 35.2 Å². The highest BCUT2D eigenvalue weighted by Crippen LogP contribution is 2.21. The van der Waals surface area contributed by atoms with Gasteiger partial charge in [-0.2, -0.15) is 0 Å². The molecule has 0 aromatic heterocycles. The van der Waals surface area contributed by atoms with E-state index in [-0.39, 0.29) is 10.8 Å². The van der Waals surface area contributed by atoms with Crippen LogP contribution in [0.5, 0.6) is 0 Å². The Bertz CT molecular complexity index is 670. The summed E-state index contributed by atoms with van der Waals surface area (Å²) in [5.41, 5.74) is 0.798. The molecule has 6 heteroatoms. The van der Waals surface area contributed by atoms with Crippen molar-refractivity contribution in [3.05, 3.63) is 35.9 Å². The highest BCUT2D eigenvalue weighted by Gasteiger charge is 2.23. The van der Waals surface area contributed by atoms with Crippen molar-refractivity contribution >= 4 is 22.0 Å². The fourth-order valence-corrected chi connectivity index (χ4v) is 3.72. The monoisotopic (exact) mass is 336 g/mol. The largest absolute Gasteiger partial charge is 0.339 e. The van der Waals surface area contributed by atoms with Gasteiger partial charge >= 0.3 is 0 Å². The maximum atomic E-state index is 12.3. The van der Waals surface area contributed by atoms with Crippen molar-refractivity contribution in [3.8, 4) is 0 Å². The Morgan fingerprint density at radius 3 is 2.26 bits per heavy atom. The summed E-state index contributed by atoms with van der Waals surface area (Å²) in [5, 5.41) is 0. The molecule has 2 rings (SSSR count). The molecule has 2 atom stereocenters. The van der Waals surface area contributed by atoms with Gasteiger partial charge in [0.2, 0.25) is 15.9 Å². The first-order valence-electron chi connectivity index (χ1n) is 7.82. The van der Waals surface area contributed by atoms with Gasteiger partial charge in [-0.3, -0.25) is 4.79 Å². The van der Waals surface area contributed by atoms with E-state index in [1.54, 1.807) is 24.3 Å². The lowest BCUT2D eigenvalue weighted by Crippen LogP contribution is -2.41. The molecule has 1 saturated heterocycles. The van der Waals surface area contributed by atoms with Gasteiger partial charge in [0.15, 0.2) is 0 Å². The van der Waals surface area contributed by atoms with Crippen LogP contribution >= 0.6 is 0 Å². The topological polar surface area (TPSA) is 66.5 Å². The molecule has 2 unspecified atom stereocenters. The number of benzene rings is 1. The SMILES string of the molecule is CNS(=O)(=O)c1ccc(/C=C/C(=O)N2CC(C)CC(C)C2)cc1. The van der Waals surface area contributed by atoms with Crippen molar-refractivity contribution in [2.24, 2.45) is 11.8 Å². The third kappa shape index (κ3) is 4.65. The second-order valence-electron chi connectivity index (χ2n) is 6.30. The molecular weight excluding hydrogens is 312 g/mol. The predicted molar refractivity (Wildman–Crippen MR) is 91.2 cm³/mol. The van der Waals surface area contributed by atoms with E-state index in [4.69, 9.17) is 0 Å². The van der Waals surface area contributed by atoms with Gasteiger partial charge < -0.3 is 4.90 Å². The Morgan fingerprint density at radius 1 is 1.17 bits per heavy atom. The molecule has 1 N–H and O–H groups in total. The molecular formula is C17H24N2O3S. The number of hydrogen-bond donors (Lipinski definition) is 1. The first-order valence-corrected chi connectivity index (χ1v) is 9.30. The summed E-state index contributed by atoms with van der Waals surface area (Å²) in [6.45, 7) is 5.93. The zero-order valence-electron chi connectivity index (χ0n) is 13.8. The highest BCUT2D eigenvalue weighted by molar-refractivity contribution is 7.89. The number of carbonyl (C=O) groups excluding carboxylic acids is 1. The molecule has 1 aliphatic heterocycles. The normalized spacial score (nSPS) is 22.5. The van der Waals surface area contributed by atoms with Gasteiger partial charge in [-0.05, 0) is 49.1 Å². The zero-order valence-corrected chi connectivity index (χ0v) is 14.6. The summed E-state index contributed by atoms with van der Waals surface area (Å²) >= 11 is 0. The second kappa shape index (κ2) is 7.27. The Balaban J connectivity index is 2.04. The van der Waals surface area contributed by atoms with E-state index in [0.717, 1.165) is 25.1 Å². The molecule has 126 valence electrons. The fraction of sp³-hybridized carbons (Fsp3) is 0.471. The van der Waals surface area contributed by atoms with Crippen molar-refractivity contribution in [3.63, 3.8) is 0 Å². The number of nitrogens with one attached hydrogen (secondary N) is 1. The number of piperidine rings is 1. The molecule has 0 radical (unpaired) electrons. The van der Waals surface area contributed by atoms with E-state index in [2.05, 4.69) is 18.6 Å². The summed E-state index contributed by atoms with van der Waals surface area (Å²) < 4.78 is 25.6. The molecule has 0 bridgehead atoms. The average molecular weight is 336 g/mol. The smallest absolute Gasteiger partial charge is 0.246 e. The summed E-state index contributed by atoms with van der Waals surface area (Å²) in [6.07, 6.45) is 4.45. The quantitative estimate of drug-likeness (QED) is 0.857. The minimum absolute atomic E-state index is 0.00956. The van der Waals surface area contributed by atoms with Gasteiger partial charge in [0.25, 0.3) is 0 Å². The van der Waals surface area contributed by atoms with Crippen molar-refractivity contribution in [2.75, 3.05) is 20.1 Å². The minimum atomic E-state index is -3.42. The Morgan fingerprint density at radius 2 is 1.74 bits per heavy atom. The first kappa shape index (κ1) is 17.7. The van der Waals surface area contributed by atoms with Crippen LogP contribution < -0.4 is 4.72 Å². The van der Waals surface area contributed by atoms with Crippen molar-refractivity contribution in [1.29, 1.82) is 0 Å². The lowest BCUT2D eigenvalue weighted by Gasteiger charge is -2.34. The van der Waals surface area contributed by atoms with Crippen LogP contribution in [0.25, 0.3) is 6.08 Å². The number of carbonyl (C=O) groups is 1. The van der Waals surface area contributed by atoms with E-state index < -0.39 is 10.0 Å². The molecule has 0 aliphatic carbocycles. The van der Waals surface area contributed by atoms with Gasteiger partial charge in [-0.15, -0.1) is 0 Å². The molecule has 1 aliphatic rings. The van der Waals surface area contributed by atoms with E-state index >= 15 is 0 Å². The molecule has 1 fully saturated rings. The number of sulfonamides is 1. The molecule has 1 amide bonds. The van der Waals surface area contributed by atoms with Crippen LogP contribution in [-0.2, 0) is 14.8 Å². The fourth-order valence-electron chi connectivity index (χ4n) is 2.99. The van der Waals surface area contributed by atoms with E-state index in [0.29, 0.717) is 11.8 Å². The van der Waals surface area contributed by atoms with Crippen LogP contribution in [0.1, 0.15) is 25.8 Å². The lowest BCUT2D eigenvalue weighted by molar-refractivity contribution is -0.128. The minimum Gasteiger partial charge on any atom is -0.339 e. The number of hydrogen-bond acceptors (Lipinski definition) is 3. The second-order valence-corrected chi connectivity index (χ2v) is 8.19. The van der Waals surface area contributed by atoms with Crippen molar-refractivity contribution in [2.45, 2.75) is 25.2 Å². The maximum absolute atomic E-state index is 12.3. The van der Waals surface area contributed by atoms with Gasteiger partial charge in [0.05, 0.1) is 4.90 Å². The highest BCUT2D eigenvalue weighted by atomic mass is 32.2. The van der Waals surface area contributed by atoms with Crippen molar-refractivity contribution < 1.29 is 13.2 Å². The van der Waals surface area contributed by atoms with Crippen LogP contribution in [0.3, 0.4) is 0 Å². The molecule has 1 heterocycles.